The molecule has 0 spiro atoms. The lowest BCUT2D eigenvalue weighted by molar-refractivity contribution is 0.0764. The standard InChI is InChI=1S/C21H29N3O4S/c1-17-9-5-6-10-20(17)28-14-13-22(2)21(25)19-15-18(16-23(19)3)29(26,27)24-11-7-4-8-12-24/h5-6,9-10,15-16H,4,7-8,11-14H2,1-3H3. The summed E-state index contributed by atoms with van der Waals surface area (Å²) in [4.78, 5) is 14.6. The quantitative estimate of drug-likeness (QED) is 0.692. The molecule has 2 aromatic rings. The van der Waals surface area contributed by atoms with Gasteiger partial charge in [-0.2, -0.15) is 4.31 Å². The number of sulfonamides is 1. The fourth-order valence-corrected chi connectivity index (χ4v) is 5.04. The Morgan fingerprint density at radius 3 is 2.55 bits per heavy atom. The summed E-state index contributed by atoms with van der Waals surface area (Å²) < 4.78 is 34.6. The number of carbonyl (C=O) groups excluding carboxylic acids is 1. The summed E-state index contributed by atoms with van der Waals surface area (Å²) >= 11 is 0. The second-order valence-electron chi connectivity index (χ2n) is 7.48. The summed E-state index contributed by atoms with van der Waals surface area (Å²) in [6.07, 6.45) is 4.33. The van der Waals surface area contributed by atoms with E-state index in [9.17, 15) is 13.2 Å². The van der Waals surface area contributed by atoms with Gasteiger partial charge in [0, 0.05) is 33.4 Å². The van der Waals surface area contributed by atoms with Gasteiger partial charge in [0.15, 0.2) is 0 Å². The van der Waals surface area contributed by atoms with Crippen LogP contribution in [0.5, 0.6) is 5.75 Å². The first-order valence-electron chi connectivity index (χ1n) is 9.91. The van der Waals surface area contributed by atoms with Crippen molar-refractivity contribution in [1.29, 1.82) is 0 Å². The third kappa shape index (κ3) is 4.82. The number of hydrogen-bond donors (Lipinski definition) is 0. The minimum atomic E-state index is -3.56. The van der Waals surface area contributed by atoms with Gasteiger partial charge in [0.1, 0.15) is 22.9 Å². The van der Waals surface area contributed by atoms with E-state index in [0.717, 1.165) is 30.6 Å². The lowest BCUT2D eigenvalue weighted by atomic mass is 10.2. The fourth-order valence-electron chi connectivity index (χ4n) is 3.45. The van der Waals surface area contributed by atoms with Crippen LogP contribution in [-0.2, 0) is 17.1 Å². The van der Waals surface area contributed by atoms with Crippen LogP contribution in [0.15, 0.2) is 41.4 Å². The Morgan fingerprint density at radius 2 is 1.86 bits per heavy atom. The van der Waals surface area contributed by atoms with Crippen molar-refractivity contribution in [2.45, 2.75) is 31.1 Å². The number of piperidine rings is 1. The van der Waals surface area contributed by atoms with Crippen molar-refractivity contribution in [3.63, 3.8) is 0 Å². The van der Waals surface area contributed by atoms with Crippen molar-refractivity contribution in [3.8, 4) is 5.75 Å². The first-order valence-corrected chi connectivity index (χ1v) is 11.3. The van der Waals surface area contributed by atoms with Gasteiger partial charge < -0.3 is 14.2 Å². The lowest BCUT2D eigenvalue weighted by Crippen LogP contribution is -2.35. The second-order valence-corrected chi connectivity index (χ2v) is 9.42. The Balaban J connectivity index is 1.65. The molecule has 0 bridgehead atoms. The van der Waals surface area contributed by atoms with Crippen molar-refractivity contribution in [1.82, 2.24) is 13.8 Å². The highest BCUT2D eigenvalue weighted by Gasteiger charge is 2.29. The summed E-state index contributed by atoms with van der Waals surface area (Å²) in [5, 5.41) is 0. The number of rotatable bonds is 7. The van der Waals surface area contributed by atoms with Gasteiger partial charge in [-0.25, -0.2) is 8.42 Å². The van der Waals surface area contributed by atoms with Gasteiger partial charge in [-0.3, -0.25) is 4.79 Å². The molecule has 8 heteroatoms. The largest absolute Gasteiger partial charge is 0.491 e. The summed E-state index contributed by atoms with van der Waals surface area (Å²) in [5.41, 5.74) is 1.38. The first kappa shape index (κ1) is 21.4. The van der Waals surface area contributed by atoms with Gasteiger partial charge in [-0.1, -0.05) is 24.6 Å². The lowest BCUT2D eigenvalue weighted by Gasteiger charge is -2.25. The van der Waals surface area contributed by atoms with Crippen LogP contribution < -0.4 is 4.74 Å². The van der Waals surface area contributed by atoms with Gasteiger partial charge in [0.05, 0.1) is 6.54 Å². The molecule has 2 heterocycles. The Morgan fingerprint density at radius 1 is 1.17 bits per heavy atom. The van der Waals surface area contributed by atoms with E-state index in [0.29, 0.717) is 31.9 Å². The molecule has 1 aliphatic heterocycles. The molecule has 7 nitrogen and oxygen atoms in total. The maximum absolute atomic E-state index is 12.9. The first-order chi connectivity index (χ1) is 13.8. The molecule has 0 aliphatic carbocycles. The summed E-state index contributed by atoms with van der Waals surface area (Å²) in [5.74, 6) is 0.558. The van der Waals surface area contributed by atoms with Gasteiger partial charge in [-0.05, 0) is 37.5 Å². The van der Waals surface area contributed by atoms with Crippen LogP contribution in [0.1, 0.15) is 35.3 Å². The number of carbonyl (C=O) groups is 1. The molecular weight excluding hydrogens is 390 g/mol. The van der Waals surface area contributed by atoms with Crippen molar-refractivity contribution in [2.75, 3.05) is 33.3 Å². The SMILES string of the molecule is Cc1ccccc1OCCN(C)C(=O)c1cc(S(=O)(=O)N2CCCCC2)cn1C. The molecule has 158 valence electrons. The van der Waals surface area contributed by atoms with Crippen molar-refractivity contribution >= 4 is 15.9 Å². The number of ether oxygens (including phenoxy) is 1. The molecule has 1 aliphatic rings. The van der Waals surface area contributed by atoms with Crippen molar-refractivity contribution in [2.24, 2.45) is 7.05 Å². The van der Waals surface area contributed by atoms with E-state index in [1.54, 1.807) is 23.6 Å². The zero-order chi connectivity index (χ0) is 21.0. The molecule has 1 aromatic heterocycles. The number of likely N-dealkylation sites (N-methyl/N-ethyl adjacent to an activating group) is 1. The molecule has 0 unspecified atom stereocenters. The molecule has 1 aromatic carbocycles. The van der Waals surface area contributed by atoms with Gasteiger partial charge >= 0.3 is 0 Å². The maximum atomic E-state index is 12.9. The highest BCUT2D eigenvalue weighted by atomic mass is 32.2. The van der Waals surface area contributed by atoms with Gasteiger partial charge in [0.2, 0.25) is 10.0 Å². The monoisotopic (exact) mass is 419 g/mol. The molecule has 1 saturated heterocycles. The predicted octanol–water partition coefficient (Wildman–Crippen LogP) is 2.66. The summed E-state index contributed by atoms with van der Waals surface area (Å²) in [6, 6.07) is 9.20. The molecule has 3 rings (SSSR count). The zero-order valence-electron chi connectivity index (χ0n) is 17.3. The van der Waals surface area contributed by atoms with E-state index >= 15 is 0 Å². The number of aromatic nitrogens is 1. The molecule has 1 fully saturated rings. The highest BCUT2D eigenvalue weighted by molar-refractivity contribution is 7.89. The van der Waals surface area contributed by atoms with Crippen molar-refractivity contribution in [3.05, 3.63) is 47.8 Å². The number of nitrogens with zero attached hydrogens (tertiary/aromatic N) is 3. The van der Waals surface area contributed by atoms with Crippen LogP contribution in [0.25, 0.3) is 0 Å². The number of para-hydroxylation sites is 1. The highest BCUT2D eigenvalue weighted by Crippen LogP contribution is 2.23. The summed E-state index contributed by atoms with van der Waals surface area (Å²) in [6.45, 7) is 3.80. The smallest absolute Gasteiger partial charge is 0.270 e. The van der Waals surface area contributed by atoms with E-state index in [1.807, 2.05) is 31.2 Å². The summed E-state index contributed by atoms with van der Waals surface area (Å²) in [7, 11) is -0.179. The van der Waals surface area contributed by atoms with Crippen LogP contribution >= 0.6 is 0 Å². The molecule has 29 heavy (non-hydrogen) atoms. The van der Waals surface area contributed by atoms with Gasteiger partial charge in [0.25, 0.3) is 5.91 Å². The molecule has 0 N–H and O–H groups in total. The minimum absolute atomic E-state index is 0.176. The Kier molecular flexibility index (Phi) is 6.64. The molecule has 0 radical (unpaired) electrons. The average Bonchev–Trinajstić information content (AvgIpc) is 3.12. The third-order valence-electron chi connectivity index (χ3n) is 5.28. The second kappa shape index (κ2) is 9.00. The number of hydrogen-bond acceptors (Lipinski definition) is 4. The molecular formula is C21H29N3O4S. The topological polar surface area (TPSA) is 71.8 Å². The van der Waals surface area contributed by atoms with Gasteiger partial charge in [-0.15, -0.1) is 0 Å². The molecule has 0 saturated carbocycles. The van der Waals surface area contributed by atoms with E-state index < -0.39 is 10.0 Å². The Bertz CT molecular complexity index is 962. The van der Waals surface area contributed by atoms with E-state index in [-0.39, 0.29) is 10.8 Å². The van der Waals surface area contributed by atoms with E-state index in [4.69, 9.17) is 4.74 Å². The third-order valence-corrected chi connectivity index (χ3v) is 7.14. The van der Waals surface area contributed by atoms with Crippen LogP contribution in [0, 0.1) is 6.92 Å². The van der Waals surface area contributed by atoms with E-state index in [1.165, 1.54) is 16.6 Å². The van der Waals surface area contributed by atoms with Crippen LogP contribution in [0.2, 0.25) is 0 Å². The van der Waals surface area contributed by atoms with Crippen LogP contribution in [-0.4, -0.2) is 61.4 Å². The fraction of sp³-hybridized carbons (Fsp3) is 0.476. The Hall–Kier alpha value is -2.32. The number of amides is 1. The average molecular weight is 420 g/mol. The van der Waals surface area contributed by atoms with Crippen LogP contribution in [0.3, 0.4) is 0 Å². The van der Waals surface area contributed by atoms with Crippen molar-refractivity contribution < 1.29 is 17.9 Å². The molecule has 0 atom stereocenters. The maximum Gasteiger partial charge on any atom is 0.270 e. The minimum Gasteiger partial charge on any atom is -0.491 e. The van der Waals surface area contributed by atoms with E-state index in [2.05, 4.69) is 0 Å². The molecule has 1 amide bonds. The van der Waals surface area contributed by atoms with Crippen LogP contribution in [0.4, 0.5) is 0 Å². The Labute approximate surface area is 172 Å². The zero-order valence-corrected chi connectivity index (χ0v) is 18.1. The predicted molar refractivity (Wildman–Crippen MR) is 112 cm³/mol. The number of aryl methyl sites for hydroxylation is 2. The number of benzene rings is 1. The normalized spacial score (nSPS) is 15.3.